The number of carbonyl (C=O) groups excluding carboxylic acids is 1. The molecule has 0 heterocycles. The van der Waals surface area contributed by atoms with Gasteiger partial charge < -0.3 is 9.94 Å². The molecule has 0 bridgehead atoms. The molecule has 0 spiro atoms. The maximum atomic E-state index is 11.0. The van der Waals surface area contributed by atoms with Gasteiger partial charge in [-0.15, -0.1) is 0 Å². The number of esters is 1. The van der Waals surface area contributed by atoms with Gasteiger partial charge in [-0.1, -0.05) is 31.1 Å². The Morgan fingerprint density at radius 1 is 1.33 bits per heavy atom. The van der Waals surface area contributed by atoms with Crippen LogP contribution in [0.25, 0.3) is 0 Å². The Kier molecular flexibility index (Phi) is 6.63. The summed E-state index contributed by atoms with van der Waals surface area (Å²) < 4.78 is 4.51. The number of nitrogens with zero attached hydrogens (tertiary/aromatic N) is 1. The molecule has 0 atom stereocenters. The van der Waals surface area contributed by atoms with Crippen LogP contribution in [0.3, 0.4) is 0 Å². The highest BCUT2D eigenvalue weighted by Crippen LogP contribution is 2.03. The minimum absolute atomic E-state index is 0.382. The first kappa shape index (κ1) is 13.2. The van der Waals surface area contributed by atoms with Crippen LogP contribution < -0.4 is 0 Å². The summed E-state index contributed by atoms with van der Waals surface area (Å²) >= 11 is 0. The Bertz CT molecular complexity index is 317. The van der Waals surface area contributed by atoms with Crippen molar-refractivity contribution in [1.29, 1.82) is 0 Å². The first-order chi connectivity index (χ1) is 7.27. The summed E-state index contributed by atoms with van der Waals surface area (Å²) in [5, 5.41) is 11.1. The van der Waals surface area contributed by atoms with Crippen molar-refractivity contribution in [2.45, 2.75) is 13.8 Å². The number of ether oxygens (including phenoxy) is 1. The van der Waals surface area contributed by atoms with Crippen LogP contribution in [0.15, 0.2) is 29.4 Å². The third kappa shape index (κ3) is 4.26. The fourth-order valence-electron chi connectivity index (χ4n) is 0.890. The van der Waals surface area contributed by atoms with Gasteiger partial charge in [-0.2, -0.15) is 0 Å². The number of methoxy groups -OCH3 is 1. The average molecular weight is 209 g/mol. The number of rotatable bonds is 2. The van der Waals surface area contributed by atoms with Gasteiger partial charge in [0.15, 0.2) is 0 Å². The number of carbonyl (C=O) groups is 1. The highest BCUT2D eigenvalue weighted by atomic mass is 16.5. The van der Waals surface area contributed by atoms with E-state index in [0.717, 1.165) is 5.56 Å². The zero-order valence-corrected chi connectivity index (χ0v) is 9.10. The van der Waals surface area contributed by atoms with E-state index in [-0.39, 0.29) is 5.97 Å². The summed E-state index contributed by atoms with van der Waals surface area (Å²) in [5.41, 5.74) is 1.19. The molecule has 1 aromatic rings. The van der Waals surface area contributed by atoms with Crippen LogP contribution in [0.2, 0.25) is 0 Å². The highest BCUT2D eigenvalue weighted by Gasteiger charge is 2.02. The van der Waals surface area contributed by atoms with E-state index in [1.165, 1.54) is 13.3 Å². The van der Waals surface area contributed by atoms with Crippen LogP contribution in [0.5, 0.6) is 0 Å². The number of hydrogen-bond donors (Lipinski definition) is 1. The molecular weight excluding hydrogens is 194 g/mol. The highest BCUT2D eigenvalue weighted by molar-refractivity contribution is 5.90. The summed E-state index contributed by atoms with van der Waals surface area (Å²) in [7, 11) is 1.32. The Balaban J connectivity index is 0.000000921. The third-order valence-electron chi connectivity index (χ3n) is 1.54. The van der Waals surface area contributed by atoms with Crippen LogP contribution in [-0.2, 0) is 4.74 Å². The van der Waals surface area contributed by atoms with Crippen molar-refractivity contribution >= 4 is 12.2 Å². The molecule has 1 N–H and O–H groups in total. The standard InChI is InChI=1S/C9H9NO3.C2H6/c1-13-9(11)8-4-2-7(3-5-8)6-10-12;1-2/h2-6,12H,1H3;1-2H3/b10-6-;. The zero-order chi connectivity index (χ0) is 11.7. The molecule has 1 rings (SSSR count). The molecule has 82 valence electrons. The molecule has 0 fully saturated rings. The second kappa shape index (κ2) is 7.55. The van der Waals surface area contributed by atoms with Gasteiger partial charge in [0.25, 0.3) is 0 Å². The van der Waals surface area contributed by atoms with Crippen molar-refractivity contribution in [3.05, 3.63) is 35.4 Å². The summed E-state index contributed by atoms with van der Waals surface area (Å²) in [5.74, 6) is -0.382. The Morgan fingerprint density at radius 3 is 2.27 bits per heavy atom. The lowest BCUT2D eigenvalue weighted by Crippen LogP contribution is -2.00. The SMILES string of the molecule is CC.COC(=O)c1ccc(/C=N\O)cc1. The van der Waals surface area contributed by atoms with E-state index in [1.54, 1.807) is 24.3 Å². The van der Waals surface area contributed by atoms with Gasteiger partial charge in [0, 0.05) is 0 Å². The van der Waals surface area contributed by atoms with E-state index in [2.05, 4.69) is 9.89 Å². The van der Waals surface area contributed by atoms with Gasteiger partial charge in [0.1, 0.15) is 0 Å². The summed E-state index contributed by atoms with van der Waals surface area (Å²) in [6.07, 6.45) is 1.28. The molecule has 1 aromatic carbocycles. The average Bonchev–Trinajstić information content (AvgIpc) is 2.32. The lowest BCUT2D eigenvalue weighted by molar-refractivity contribution is 0.0601. The predicted octanol–water partition coefficient (Wildman–Crippen LogP) is 2.31. The minimum Gasteiger partial charge on any atom is -0.465 e. The van der Waals surface area contributed by atoms with Crippen molar-refractivity contribution in [1.82, 2.24) is 0 Å². The Labute approximate surface area is 89.2 Å². The van der Waals surface area contributed by atoms with Gasteiger partial charge in [-0.3, -0.25) is 0 Å². The molecular formula is C11H15NO3. The molecule has 15 heavy (non-hydrogen) atoms. The molecule has 0 aromatic heterocycles. The molecule has 0 saturated carbocycles. The second-order valence-electron chi connectivity index (χ2n) is 2.36. The quantitative estimate of drug-likeness (QED) is 0.352. The fraction of sp³-hybridized carbons (Fsp3) is 0.273. The Morgan fingerprint density at radius 2 is 1.87 bits per heavy atom. The van der Waals surface area contributed by atoms with Crippen LogP contribution >= 0.6 is 0 Å². The van der Waals surface area contributed by atoms with Gasteiger partial charge >= 0.3 is 5.97 Å². The van der Waals surface area contributed by atoms with Crippen LogP contribution in [0.1, 0.15) is 29.8 Å². The lowest BCUT2D eigenvalue weighted by Gasteiger charge is -1.98. The molecule has 0 aliphatic rings. The number of benzene rings is 1. The molecule has 0 aliphatic carbocycles. The van der Waals surface area contributed by atoms with E-state index < -0.39 is 0 Å². The summed E-state index contributed by atoms with van der Waals surface area (Å²) in [4.78, 5) is 11.0. The predicted molar refractivity (Wildman–Crippen MR) is 58.5 cm³/mol. The van der Waals surface area contributed by atoms with E-state index in [0.29, 0.717) is 5.56 Å². The van der Waals surface area contributed by atoms with Crippen molar-refractivity contribution < 1.29 is 14.7 Å². The molecule has 0 aliphatic heterocycles. The maximum Gasteiger partial charge on any atom is 0.337 e. The largest absolute Gasteiger partial charge is 0.465 e. The molecule has 4 heteroatoms. The molecule has 0 amide bonds. The maximum absolute atomic E-state index is 11.0. The van der Waals surface area contributed by atoms with Gasteiger partial charge in [0.2, 0.25) is 0 Å². The number of oxime groups is 1. The van der Waals surface area contributed by atoms with Crippen LogP contribution in [0, 0.1) is 0 Å². The fourth-order valence-corrected chi connectivity index (χ4v) is 0.890. The van der Waals surface area contributed by atoms with Gasteiger partial charge in [-0.05, 0) is 17.7 Å². The first-order valence-corrected chi connectivity index (χ1v) is 4.63. The molecule has 0 radical (unpaired) electrons. The summed E-state index contributed by atoms with van der Waals surface area (Å²) in [6.45, 7) is 4.00. The normalized spacial score (nSPS) is 9.27. The van der Waals surface area contributed by atoms with Crippen molar-refractivity contribution in [3.8, 4) is 0 Å². The lowest BCUT2D eigenvalue weighted by atomic mass is 10.1. The third-order valence-corrected chi connectivity index (χ3v) is 1.54. The van der Waals surface area contributed by atoms with E-state index in [1.807, 2.05) is 13.8 Å². The molecule has 0 saturated heterocycles. The molecule has 4 nitrogen and oxygen atoms in total. The topological polar surface area (TPSA) is 58.9 Å². The van der Waals surface area contributed by atoms with Crippen LogP contribution in [0.4, 0.5) is 0 Å². The second-order valence-corrected chi connectivity index (χ2v) is 2.36. The summed E-state index contributed by atoms with van der Waals surface area (Å²) in [6, 6.07) is 6.52. The van der Waals surface area contributed by atoms with E-state index >= 15 is 0 Å². The van der Waals surface area contributed by atoms with Crippen LogP contribution in [-0.4, -0.2) is 24.5 Å². The first-order valence-electron chi connectivity index (χ1n) is 4.63. The van der Waals surface area contributed by atoms with Gasteiger partial charge in [-0.25, -0.2) is 4.79 Å². The van der Waals surface area contributed by atoms with Crippen molar-refractivity contribution in [2.75, 3.05) is 7.11 Å². The van der Waals surface area contributed by atoms with Crippen molar-refractivity contribution in [2.24, 2.45) is 5.16 Å². The smallest absolute Gasteiger partial charge is 0.337 e. The van der Waals surface area contributed by atoms with E-state index in [4.69, 9.17) is 5.21 Å². The van der Waals surface area contributed by atoms with Crippen molar-refractivity contribution in [3.63, 3.8) is 0 Å². The number of hydrogen-bond acceptors (Lipinski definition) is 4. The molecule has 0 unspecified atom stereocenters. The van der Waals surface area contributed by atoms with Gasteiger partial charge in [0.05, 0.1) is 18.9 Å². The minimum atomic E-state index is -0.382. The van der Waals surface area contributed by atoms with E-state index in [9.17, 15) is 4.79 Å². The monoisotopic (exact) mass is 209 g/mol. The Hall–Kier alpha value is -1.84. The zero-order valence-electron chi connectivity index (χ0n) is 9.10.